The minimum atomic E-state index is -0.223. The minimum Gasteiger partial charge on any atom is -0.396 e. The monoisotopic (exact) mass is 264 g/mol. The molecule has 5 heteroatoms. The third-order valence-corrected chi connectivity index (χ3v) is 3.76. The summed E-state index contributed by atoms with van der Waals surface area (Å²) in [6.45, 7) is 0.108. The summed E-state index contributed by atoms with van der Waals surface area (Å²) < 4.78 is 0. The Bertz CT molecular complexity index is 463. The van der Waals surface area contributed by atoms with E-state index in [2.05, 4.69) is 10.3 Å². The van der Waals surface area contributed by atoms with Crippen LogP contribution >= 0.6 is 0 Å². The number of pyridine rings is 1. The average Bonchev–Trinajstić information content (AvgIpc) is 2.64. The fourth-order valence-corrected chi connectivity index (χ4v) is 2.60. The molecule has 19 heavy (non-hydrogen) atoms. The zero-order valence-electron chi connectivity index (χ0n) is 10.9. The predicted molar refractivity (Wildman–Crippen MR) is 72.0 cm³/mol. The summed E-state index contributed by atoms with van der Waals surface area (Å²) in [6.07, 6.45) is 6.61. The maximum Gasteiger partial charge on any atom is 0.252 e. The van der Waals surface area contributed by atoms with Crippen LogP contribution in [0.25, 0.3) is 0 Å². The van der Waals surface area contributed by atoms with Crippen LogP contribution in [0.15, 0.2) is 23.1 Å². The van der Waals surface area contributed by atoms with Gasteiger partial charge in [-0.05, 0) is 18.9 Å². The summed E-state index contributed by atoms with van der Waals surface area (Å²) in [5.41, 5.74) is 0.222. The first-order valence-electron chi connectivity index (χ1n) is 6.81. The van der Waals surface area contributed by atoms with Crippen molar-refractivity contribution in [3.8, 4) is 0 Å². The first-order chi connectivity index (χ1) is 9.20. The second-order valence-corrected chi connectivity index (χ2v) is 5.10. The molecule has 0 bridgehead atoms. The van der Waals surface area contributed by atoms with Gasteiger partial charge in [-0.15, -0.1) is 0 Å². The number of aromatic amines is 1. The van der Waals surface area contributed by atoms with Gasteiger partial charge in [0.15, 0.2) is 0 Å². The van der Waals surface area contributed by atoms with Crippen molar-refractivity contribution in [2.75, 3.05) is 6.61 Å². The van der Waals surface area contributed by atoms with E-state index in [1.54, 1.807) is 0 Å². The van der Waals surface area contributed by atoms with E-state index in [0.29, 0.717) is 5.56 Å². The maximum atomic E-state index is 12.1. The highest BCUT2D eigenvalue weighted by atomic mass is 16.3. The summed E-state index contributed by atoms with van der Waals surface area (Å²) in [4.78, 5) is 25.5. The quantitative estimate of drug-likeness (QED) is 0.714. The molecule has 0 saturated heterocycles. The lowest BCUT2D eigenvalue weighted by Crippen LogP contribution is -2.41. The van der Waals surface area contributed by atoms with Gasteiger partial charge < -0.3 is 15.4 Å². The van der Waals surface area contributed by atoms with Crippen LogP contribution in [0.5, 0.6) is 0 Å². The SMILES string of the molecule is O=C(NC1CCCCCC1CO)c1ccc(=O)[nH]c1. The van der Waals surface area contributed by atoms with Gasteiger partial charge in [-0.3, -0.25) is 9.59 Å². The molecule has 1 saturated carbocycles. The number of hydrogen-bond donors (Lipinski definition) is 3. The smallest absolute Gasteiger partial charge is 0.252 e. The number of hydrogen-bond acceptors (Lipinski definition) is 3. The zero-order chi connectivity index (χ0) is 13.7. The second-order valence-electron chi connectivity index (χ2n) is 5.10. The second kappa shape index (κ2) is 6.52. The first kappa shape index (κ1) is 13.8. The molecule has 0 aromatic carbocycles. The number of amides is 1. The lowest BCUT2D eigenvalue weighted by Gasteiger charge is -2.24. The summed E-state index contributed by atoms with van der Waals surface area (Å²) in [7, 11) is 0. The molecule has 1 aliphatic rings. The van der Waals surface area contributed by atoms with Gasteiger partial charge in [0.2, 0.25) is 5.56 Å². The van der Waals surface area contributed by atoms with Gasteiger partial charge in [-0.1, -0.05) is 19.3 Å². The van der Waals surface area contributed by atoms with Crippen LogP contribution < -0.4 is 10.9 Å². The molecule has 1 amide bonds. The van der Waals surface area contributed by atoms with E-state index in [4.69, 9.17) is 0 Å². The number of carbonyl (C=O) groups is 1. The number of carbonyl (C=O) groups excluding carboxylic acids is 1. The van der Waals surface area contributed by atoms with Crippen LogP contribution in [-0.4, -0.2) is 28.6 Å². The van der Waals surface area contributed by atoms with Crippen molar-refractivity contribution in [3.05, 3.63) is 34.2 Å². The number of aliphatic hydroxyl groups is 1. The van der Waals surface area contributed by atoms with Gasteiger partial charge in [0.25, 0.3) is 5.91 Å². The molecule has 0 spiro atoms. The molecule has 2 atom stereocenters. The Morgan fingerprint density at radius 1 is 1.32 bits per heavy atom. The Labute approximate surface area is 112 Å². The molecule has 0 radical (unpaired) electrons. The molecule has 1 aromatic heterocycles. The molecule has 1 heterocycles. The molecule has 0 aliphatic heterocycles. The van der Waals surface area contributed by atoms with E-state index in [1.165, 1.54) is 18.3 Å². The number of rotatable bonds is 3. The van der Waals surface area contributed by atoms with E-state index in [9.17, 15) is 14.7 Å². The van der Waals surface area contributed by atoms with Crippen LogP contribution in [0.2, 0.25) is 0 Å². The largest absolute Gasteiger partial charge is 0.396 e. The van der Waals surface area contributed by atoms with Gasteiger partial charge in [-0.2, -0.15) is 0 Å². The van der Waals surface area contributed by atoms with Gasteiger partial charge in [-0.25, -0.2) is 0 Å². The molecule has 104 valence electrons. The fraction of sp³-hybridized carbons (Fsp3) is 0.571. The molecule has 1 fully saturated rings. The lowest BCUT2D eigenvalue weighted by molar-refractivity contribution is 0.0899. The first-order valence-corrected chi connectivity index (χ1v) is 6.81. The Morgan fingerprint density at radius 2 is 2.11 bits per heavy atom. The fourth-order valence-electron chi connectivity index (χ4n) is 2.60. The molecule has 1 aromatic rings. The van der Waals surface area contributed by atoms with E-state index < -0.39 is 0 Å². The number of H-pyrrole nitrogens is 1. The van der Waals surface area contributed by atoms with Crippen molar-refractivity contribution in [3.63, 3.8) is 0 Å². The Hall–Kier alpha value is -1.62. The Morgan fingerprint density at radius 3 is 2.79 bits per heavy atom. The molecule has 5 nitrogen and oxygen atoms in total. The van der Waals surface area contributed by atoms with Crippen molar-refractivity contribution in [1.82, 2.24) is 10.3 Å². The highest BCUT2D eigenvalue weighted by Crippen LogP contribution is 2.23. The van der Waals surface area contributed by atoms with Crippen molar-refractivity contribution in [1.29, 1.82) is 0 Å². The minimum absolute atomic E-state index is 0.0203. The molecule has 2 rings (SSSR count). The molecule has 3 N–H and O–H groups in total. The van der Waals surface area contributed by atoms with Crippen LogP contribution in [-0.2, 0) is 0 Å². The van der Waals surface area contributed by atoms with Crippen molar-refractivity contribution < 1.29 is 9.90 Å². The zero-order valence-corrected chi connectivity index (χ0v) is 10.9. The van der Waals surface area contributed by atoms with Crippen LogP contribution in [0.4, 0.5) is 0 Å². The van der Waals surface area contributed by atoms with E-state index >= 15 is 0 Å². The van der Waals surface area contributed by atoms with Crippen LogP contribution in [0, 0.1) is 5.92 Å². The van der Waals surface area contributed by atoms with Crippen molar-refractivity contribution in [2.24, 2.45) is 5.92 Å². The van der Waals surface area contributed by atoms with E-state index in [0.717, 1.165) is 32.1 Å². The number of aromatic nitrogens is 1. The Balaban J connectivity index is 2.03. The lowest BCUT2D eigenvalue weighted by atomic mass is 9.95. The van der Waals surface area contributed by atoms with Gasteiger partial charge in [0, 0.05) is 30.8 Å². The number of nitrogens with one attached hydrogen (secondary N) is 2. The summed E-state index contributed by atoms with van der Waals surface area (Å²) in [5.74, 6) is -0.0594. The van der Waals surface area contributed by atoms with Crippen molar-refractivity contribution in [2.45, 2.75) is 38.1 Å². The standard InChI is InChI=1S/C14H20N2O3/c17-9-11-4-2-1-3-5-12(11)16-14(19)10-6-7-13(18)15-8-10/h6-8,11-12,17H,1-5,9H2,(H,15,18)(H,16,19). The van der Waals surface area contributed by atoms with Gasteiger partial charge >= 0.3 is 0 Å². The van der Waals surface area contributed by atoms with Crippen LogP contribution in [0.1, 0.15) is 42.5 Å². The Kier molecular flexibility index (Phi) is 4.74. The van der Waals surface area contributed by atoms with E-state index in [1.807, 2.05) is 0 Å². The highest BCUT2D eigenvalue weighted by molar-refractivity contribution is 5.94. The topological polar surface area (TPSA) is 82.2 Å². The molecular weight excluding hydrogens is 244 g/mol. The molecule has 1 aliphatic carbocycles. The summed E-state index contributed by atoms with van der Waals surface area (Å²) in [5, 5.41) is 12.4. The molecule has 2 unspecified atom stereocenters. The summed E-state index contributed by atoms with van der Waals surface area (Å²) >= 11 is 0. The average molecular weight is 264 g/mol. The summed E-state index contributed by atoms with van der Waals surface area (Å²) in [6, 6.07) is 2.87. The van der Waals surface area contributed by atoms with E-state index in [-0.39, 0.29) is 30.0 Å². The highest BCUT2D eigenvalue weighted by Gasteiger charge is 2.24. The van der Waals surface area contributed by atoms with Crippen molar-refractivity contribution >= 4 is 5.91 Å². The normalized spacial score (nSPS) is 23.6. The third-order valence-electron chi connectivity index (χ3n) is 3.76. The molecular formula is C14H20N2O3. The third kappa shape index (κ3) is 3.67. The predicted octanol–water partition coefficient (Wildman–Crippen LogP) is 1.05. The maximum absolute atomic E-state index is 12.1. The van der Waals surface area contributed by atoms with Crippen LogP contribution in [0.3, 0.4) is 0 Å². The van der Waals surface area contributed by atoms with Gasteiger partial charge in [0.05, 0.1) is 5.56 Å². The van der Waals surface area contributed by atoms with Gasteiger partial charge in [0.1, 0.15) is 0 Å². The number of aliphatic hydroxyl groups excluding tert-OH is 1.